The van der Waals surface area contributed by atoms with Gasteiger partial charge in [0.1, 0.15) is 11.6 Å². The van der Waals surface area contributed by atoms with Crippen LogP contribution in [-0.4, -0.2) is 23.3 Å². The molecule has 0 fully saturated rings. The predicted molar refractivity (Wildman–Crippen MR) is 93.7 cm³/mol. The number of rotatable bonds is 5. The minimum atomic E-state index is -0.950. The monoisotopic (exact) mass is 355 g/mol. The molecule has 0 aliphatic heterocycles. The summed E-state index contributed by atoms with van der Waals surface area (Å²) in [6.07, 6.45) is 1.63. The number of benzene rings is 2. The van der Waals surface area contributed by atoms with E-state index in [-0.39, 0.29) is 24.4 Å². The number of aromatic nitrogens is 1. The van der Waals surface area contributed by atoms with Crippen LogP contribution in [0.5, 0.6) is 0 Å². The SMILES string of the molecule is O=C(CCNC(=O)c1ccc(F)cc1F)Nc1cccc2cccnc12. The van der Waals surface area contributed by atoms with Gasteiger partial charge in [0.2, 0.25) is 5.91 Å². The molecule has 132 valence electrons. The fourth-order valence-electron chi connectivity index (χ4n) is 2.48. The van der Waals surface area contributed by atoms with Crippen molar-refractivity contribution in [1.29, 1.82) is 0 Å². The molecule has 1 heterocycles. The number of para-hydroxylation sites is 1. The first kappa shape index (κ1) is 17.5. The van der Waals surface area contributed by atoms with Crippen LogP contribution in [0.1, 0.15) is 16.8 Å². The molecule has 1 aromatic heterocycles. The standard InChI is InChI=1S/C19H15F2N3O2/c20-13-6-7-14(15(21)11-13)19(26)23-10-8-17(25)24-16-5-1-3-12-4-2-9-22-18(12)16/h1-7,9,11H,8,10H2,(H,23,26)(H,24,25). The van der Waals surface area contributed by atoms with E-state index in [1.165, 1.54) is 0 Å². The lowest BCUT2D eigenvalue weighted by Crippen LogP contribution is -2.28. The van der Waals surface area contributed by atoms with E-state index in [4.69, 9.17) is 0 Å². The van der Waals surface area contributed by atoms with Crippen LogP contribution >= 0.6 is 0 Å². The Kier molecular flexibility index (Phi) is 5.17. The van der Waals surface area contributed by atoms with Gasteiger partial charge in [-0.2, -0.15) is 0 Å². The first-order valence-electron chi connectivity index (χ1n) is 7.91. The van der Waals surface area contributed by atoms with Gasteiger partial charge >= 0.3 is 0 Å². The predicted octanol–water partition coefficient (Wildman–Crippen LogP) is 3.27. The maximum absolute atomic E-state index is 13.5. The van der Waals surface area contributed by atoms with Crippen molar-refractivity contribution < 1.29 is 18.4 Å². The van der Waals surface area contributed by atoms with Gasteiger partial charge in [-0.05, 0) is 24.3 Å². The van der Waals surface area contributed by atoms with Crippen molar-refractivity contribution in [2.45, 2.75) is 6.42 Å². The molecule has 0 radical (unpaired) electrons. The molecule has 0 atom stereocenters. The highest BCUT2D eigenvalue weighted by Crippen LogP contribution is 2.20. The number of anilines is 1. The molecule has 0 unspecified atom stereocenters. The van der Waals surface area contributed by atoms with Gasteiger partial charge in [-0.25, -0.2) is 8.78 Å². The van der Waals surface area contributed by atoms with Crippen LogP contribution in [0.15, 0.2) is 54.7 Å². The Morgan fingerprint density at radius 3 is 2.65 bits per heavy atom. The molecule has 3 rings (SSSR count). The summed E-state index contributed by atoms with van der Waals surface area (Å²) in [5.74, 6) is -2.74. The molecule has 7 heteroatoms. The molecule has 2 N–H and O–H groups in total. The molecule has 0 saturated carbocycles. The summed E-state index contributed by atoms with van der Waals surface area (Å²) in [6.45, 7) is 0.0136. The lowest BCUT2D eigenvalue weighted by Gasteiger charge is -2.09. The van der Waals surface area contributed by atoms with Gasteiger partial charge in [0, 0.05) is 30.6 Å². The zero-order valence-electron chi connectivity index (χ0n) is 13.6. The van der Waals surface area contributed by atoms with Crippen LogP contribution in [0.3, 0.4) is 0 Å². The lowest BCUT2D eigenvalue weighted by atomic mass is 10.2. The summed E-state index contributed by atoms with van der Waals surface area (Å²) in [6, 6.07) is 11.8. The Labute approximate surface area is 148 Å². The maximum atomic E-state index is 13.5. The number of nitrogens with zero attached hydrogens (tertiary/aromatic N) is 1. The van der Waals surface area contributed by atoms with E-state index in [0.29, 0.717) is 17.3 Å². The van der Waals surface area contributed by atoms with E-state index >= 15 is 0 Å². The third-order valence-corrected chi connectivity index (χ3v) is 3.72. The van der Waals surface area contributed by atoms with Crippen LogP contribution in [0, 0.1) is 11.6 Å². The van der Waals surface area contributed by atoms with Crippen molar-refractivity contribution in [2.75, 3.05) is 11.9 Å². The number of carbonyl (C=O) groups excluding carboxylic acids is 2. The van der Waals surface area contributed by atoms with Gasteiger partial charge in [0.15, 0.2) is 0 Å². The maximum Gasteiger partial charge on any atom is 0.254 e. The van der Waals surface area contributed by atoms with Crippen molar-refractivity contribution >= 4 is 28.4 Å². The number of nitrogens with one attached hydrogen (secondary N) is 2. The second kappa shape index (κ2) is 7.69. The van der Waals surface area contributed by atoms with Crippen LogP contribution < -0.4 is 10.6 Å². The molecular weight excluding hydrogens is 340 g/mol. The van der Waals surface area contributed by atoms with Gasteiger partial charge in [0.05, 0.1) is 16.8 Å². The second-order valence-corrected chi connectivity index (χ2v) is 5.56. The van der Waals surface area contributed by atoms with Crippen molar-refractivity contribution in [1.82, 2.24) is 10.3 Å². The molecule has 2 aromatic carbocycles. The van der Waals surface area contributed by atoms with Gasteiger partial charge in [0.25, 0.3) is 5.91 Å². The van der Waals surface area contributed by atoms with Crippen LogP contribution in [0.2, 0.25) is 0 Å². The van der Waals surface area contributed by atoms with Crippen molar-refractivity contribution in [3.8, 4) is 0 Å². The van der Waals surface area contributed by atoms with E-state index in [1.807, 2.05) is 12.1 Å². The summed E-state index contributed by atoms with van der Waals surface area (Å²) >= 11 is 0. The molecule has 5 nitrogen and oxygen atoms in total. The third kappa shape index (κ3) is 4.00. The molecular formula is C19H15F2N3O2. The number of halogens is 2. The second-order valence-electron chi connectivity index (χ2n) is 5.56. The number of pyridine rings is 1. The minimum Gasteiger partial charge on any atom is -0.351 e. The summed E-state index contributed by atoms with van der Waals surface area (Å²) < 4.78 is 26.4. The number of fused-ring (bicyclic) bond motifs is 1. The average Bonchev–Trinajstić information content (AvgIpc) is 2.62. The normalized spacial score (nSPS) is 10.5. The van der Waals surface area contributed by atoms with Gasteiger partial charge in [-0.1, -0.05) is 18.2 Å². The van der Waals surface area contributed by atoms with Crippen molar-refractivity contribution in [3.05, 3.63) is 71.9 Å². The number of hydrogen-bond acceptors (Lipinski definition) is 3. The molecule has 0 aliphatic rings. The third-order valence-electron chi connectivity index (χ3n) is 3.72. The number of amides is 2. The van der Waals surface area contributed by atoms with E-state index < -0.39 is 17.5 Å². The lowest BCUT2D eigenvalue weighted by molar-refractivity contribution is -0.116. The zero-order chi connectivity index (χ0) is 18.5. The van der Waals surface area contributed by atoms with Crippen molar-refractivity contribution in [3.63, 3.8) is 0 Å². The summed E-state index contributed by atoms with van der Waals surface area (Å²) in [4.78, 5) is 28.2. The largest absolute Gasteiger partial charge is 0.351 e. The first-order valence-corrected chi connectivity index (χ1v) is 7.91. The highest BCUT2D eigenvalue weighted by Gasteiger charge is 2.13. The topological polar surface area (TPSA) is 71.1 Å². The van der Waals surface area contributed by atoms with E-state index in [9.17, 15) is 18.4 Å². The number of hydrogen-bond donors (Lipinski definition) is 2. The Bertz CT molecular complexity index is 971. The minimum absolute atomic E-state index is 0.00221. The highest BCUT2D eigenvalue weighted by molar-refractivity contribution is 6.00. The molecule has 0 spiro atoms. The quantitative estimate of drug-likeness (QED) is 0.738. The highest BCUT2D eigenvalue weighted by atomic mass is 19.1. The Morgan fingerprint density at radius 2 is 1.85 bits per heavy atom. The average molecular weight is 355 g/mol. The van der Waals surface area contributed by atoms with Crippen LogP contribution in [-0.2, 0) is 4.79 Å². The first-order chi connectivity index (χ1) is 12.5. The molecule has 0 bridgehead atoms. The smallest absolute Gasteiger partial charge is 0.254 e. The molecule has 0 aliphatic carbocycles. The Morgan fingerprint density at radius 1 is 1.04 bits per heavy atom. The van der Waals surface area contributed by atoms with Crippen LogP contribution in [0.25, 0.3) is 10.9 Å². The Balaban J connectivity index is 1.56. The van der Waals surface area contributed by atoms with Gasteiger partial charge < -0.3 is 10.6 Å². The fourth-order valence-corrected chi connectivity index (χ4v) is 2.48. The summed E-state index contributed by atoms with van der Waals surface area (Å²) in [7, 11) is 0. The van der Waals surface area contributed by atoms with E-state index in [0.717, 1.165) is 17.5 Å². The summed E-state index contributed by atoms with van der Waals surface area (Å²) in [5.41, 5.74) is 0.967. The molecule has 2 amide bonds. The van der Waals surface area contributed by atoms with Gasteiger partial charge in [-0.3, -0.25) is 14.6 Å². The summed E-state index contributed by atoms with van der Waals surface area (Å²) in [5, 5.41) is 6.07. The zero-order valence-corrected chi connectivity index (χ0v) is 13.6. The Hall–Kier alpha value is -3.35. The van der Waals surface area contributed by atoms with E-state index in [1.54, 1.807) is 24.4 Å². The molecule has 3 aromatic rings. The fraction of sp³-hybridized carbons (Fsp3) is 0.105. The number of carbonyl (C=O) groups is 2. The van der Waals surface area contributed by atoms with E-state index in [2.05, 4.69) is 15.6 Å². The molecule has 0 saturated heterocycles. The van der Waals surface area contributed by atoms with Crippen LogP contribution in [0.4, 0.5) is 14.5 Å². The van der Waals surface area contributed by atoms with Gasteiger partial charge in [-0.15, -0.1) is 0 Å². The van der Waals surface area contributed by atoms with Crippen molar-refractivity contribution in [2.24, 2.45) is 0 Å². The molecule has 26 heavy (non-hydrogen) atoms.